The number of aliphatic hydroxyl groups is 1. The van der Waals surface area contributed by atoms with Gasteiger partial charge in [0.2, 0.25) is 0 Å². The third kappa shape index (κ3) is 3.93. The van der Waals surface area contributed by atoms with Crippen LogP contribution >= 0.6 is 11.8 Å². The van der Waals surface area contributed by atoms with Crippen LogP contribution in [-0.2, 0) is 0 Å². The van der Waals surface area contributed by atoms with E-state index < -0.39 is 0 Å². The quantitative estimate of drug-likeness (QED) is 0.671. The zero-order valence-electron chi connectivity index (χ0n) is 11.2. The van der Waals surface area contributed by atoms with Crippen molar-refractivity contribution in [1.29, 1.82) is 0 Å². The van der Waals surface area contributed by atoms with Gasteiger partial charge in [-0.3, -0.25) is 0 Å². The number of hydrogen-bond acceptors (Lipinski definition) is 2. The van der Waals surface area contributed by atoms with Crippen LogP contribution in [-0.4, -0.2) is 18.0 Å². The fourth-order valence-electron chi connectivity index (χ4n) is 1.72. The highest BCUT2D eigenvalue weighted by Gasteiger charge is 1.97. The lowest BCUT2D eigenvalue weighted by atomic mass is 10.0. The molecule has 0 aliphatic heterocycles. The Morgan fingerprint density at radius 3 is 2.05 bits per heavy atom. The lowest BCUT2D eigenvalue weighted by molar-refractivity contribution is 0.350. The van der Waals surface area contributed by atoms with Crippen LogP contribution in [0.5, 0.6) is 0 Å². The van der Waals surface area contributed by atoms with Crippen molar-refractivity contribution in [3.05, 3.63) is 54.1 Å². The normalized spacial score (nSPS) is 9.10. The first-order valence-corrected chi connectivity index (χ1v) is 7.40. The Labute approximate surface area is 124 Å². The second-order valence-electron chi connectivity index (χ2n) is 4.02. The van der Waals surface area contributed by atoms with Crippen molar-refractivity contribution in [3.8, 4) is 34.8 Å². The highest BCUT2D eigenvalue weighted by atomic mass is 32.2. The van der Waals surface area contributed by atoms with Gasteiger partial charge in [-0.1, -0.05) is 36.1 Å². The topological polar surface area (TPSA) is 20.2 Å². The molecule has 0 aliphatic carbocycles. The summed E-state index contributed by atoms with van der Waals surface area (Å²) < 4.78 is 0. The number of rotatable bonds is 2. The summed E-state index contributed by atoms with van der Waals surface area (Å²) in [5.41, 5.74) is 3.29. The second kappa shape index (κ2) is 7.46. The van der Waals surface area contributed by atoms with Gasteiger partial charge in [0.25, 0.3) is 0 Å². The molecule has 0 heterocycles. The highest BCUT2D eigenvalue weighted by molar-refractivity contribution is 7.98. The average Bonchev–Trinajstić information content (AvgIpc) is 2.52. The minimum absolute atomic E-state index is 0.153. The van der Waals surface area contributed by atoms with E-state index in [1.54, 1.807) is 11.8 Å². The Hall–Kier alpha value is -2.13. The van der Waals surface area contributed by atoms with Crippen LogP contribution in [0, 0.1) is 23.7 Å². The summed E-state index contributed by atoms with van der Waals surface area (Å²) in [7, 11) is 0. The first kappa shape index (κ1) is 14.3. The molecule has 1 N–H and O–H groups in total. The van der Waals surface area contributed by atoms with Crippen molar-refractivity contribution < 1.29 is 5.11 Å². The van der Waals surface area contributed by atoms with Crippen LogP contribution in [0.1, 0.15) is 5.56 Å². The molecule has 0 aliphatic rings. The Balaban J connectivity index is 2.16. The molecule has 0 aromatic heterocycles. The van der Waals surface area contributed by atoms with E-state index in [-0.39, 0.29) is 6.61 Å². The van der Waals surface area contributed by atoms with E-state index in [2.05, 4.69) is 66.3 Å². The molecule has 0 atom stereocenters. The molecule has 0 saturated carbocycles. The summed E-state index contributed by atoms with van der Waals surface area (Å²) in [6.07, 6.45) is 2.07. The summed E-state index contributed by atoms with van der Waals surface area (Å²) in [4.78, 5) is 1.26. The SMILES string of the molecule is CSc1ccc(-c2ccc(C#CC#CCO)cc2)cc1. The van der Waals surface area contributed by atoms with Crippen molar-refractivity contribution in [1.82, 2.24) is 0 Å². The fourth-order valence-corrected chi connectivity index (χ4v) is 2.12. The van der Waals surface area contributed by atoms with Gasteiger partial charge < -0.3 is 5.11 Å². The van der Waals surface area contributed by atoms with E-state index in [4.69, 9.17) is 5.11 Å². The molecule has 0 fully saturated rings. The van der Waals surface area contributed by atoms with Gasteiger partial charge in [-0.05, 0) is 53.5 Å². The molecular weight excluding hydrogens is 264 g/mol. The molecule has 2 heteroatoms. The first-order valence-electron chi connectivity index (χ1n) is 6.17. The van der Waals surface area contributed by atoms with E-state index in [0.29, 0.717) is 0 Å². The minimum atomic E-state index is -0.153. The van der Waals surface area contributed by atoms with Crippen LogP contribution in [0.25, 0.3) is 11.1 Å². The van der Waals surface area contributed by atoms with Gasteiger partial charge >= 0.3 is 0 Å². The van der Waals surface area contributed by atoms with E-state index >= 15 is 0 Å². The molecule has 2 aromatic carbocycles. The molecular formula is C18H14OS. The first-order chi connectivity index (χ1) is 9.83. The molecule has 2 rings (SSSR count). The molecule has 2 aromatic rings. The Morgan fingerprint density at radius 1 is 0.900 bits per heavy atom. The maximum Gasteiger partial charge on any atom is 0.105 e. The predicted molar refractivity (Wildman–Crippen MR) is 85.4 cm³/mol. The van der Waals surface area contributed by atoms with Crippen LogP contribution < -0.4 is 0 Å². The molecule has 0 amide bonds. The largest absolute Gasteiger partial charge is 0.384 e. The molecule has 0 spiro atoms. The summed E-state index contributed by atoms with van der Waals surface area (Å²) in [5, 5.41) is 8.52. The van der Waals surface area contributed by atoms with Crippen LogP contribution in [0.3, 0.4) is 0 Å². The summed E-state index contributed by atoms with van der Waals surface area (Å²) in [6.45, 7) is -0.153. The molecule has 0 radical (unpaired) electrons. The Bertz CT molecular complexity index is 677. The predicted octanol–water partition coefficient (Wildman–Crippen LogP) is 3.42. The molecule has 0 saturated heterocycles. The Kier molecular flexibility index (Phi) is 5.33. The smallest absolute Gasteiger partial charge is 0.105 e. The van der Waals surface area contributed by atoms with Crippen molar-refractivity contribution >= 4 is 11.8 Å². The Morgan fingerprint density at radius 2 is 1.50 bits per heavy atom. The third-order valence-corrected chi connectivity index (χ3v) is 3.49. The maximum absolute atomic E-state index is 8.52. The molecule has 98 valence electrons. The standard InChI is InChI=1S/C18H14OS/c1-20-18-12-10-17(11-13-18)16-8-6-15(7-9-16)5-3-2-4-14-19/h6-13,19H,14H2,1H3. The van der Waals surface area contributed by atoms with E-state index in [1.165, 1.54) is 16.0 Å². The molecule has 0 bridgehead atoms. The lowest BCUT2D eigenvalue weighted by Gasteiger charge is -2.03. The maximum atomic E-state index is 8.52. The molecule has 0 unspecified atom stereocenters. The van der Waals surface area contributed by atoms with Gasteiger partial charge in [0.1, 0.15) is 6.61 Å². The van der Waals surface area contributed by atoms with Gasteiger partial charge in [-0.2, -0.15) is 0 Å². The van der Waals surface area contributed by atoms with E-state index in [9.17, 15) is 0 Å². The summed E-state index contributed by atoms with van der Waals surface area (Å²) >= 11 is 1.74. The van der Waals surface area contributed by atoms with Crippen molar-refractivity contribution in [2.75, 3.05) is 12.9 Å². The van der Waals surface area contributed by atoms with E-state index in [1.807, 2.05) is 12.1 Å². The zero-order valence-corrected chi connectivity index (χ0v) is 12.0. The monoisotopic (exact) mass is 278 g/mol. The highest BCUT2D eigenvalue weighted by Crippen LogP contribution is 2.23. The minimum Gasteiger partial charge on any atom is -0.384 e. The average molecular weight is 278 g/mol. The fraction of sp³-hybridized carbons (Fsp3) is 0.111. The van der Waals surface area contributed by atoms with E-state index in [0.717, 1.165) is 5.56 Å². The van der Waals surface area contributed by atoms with Gasteiger partial charge in [0, 0.05) is 10.5 Å². The third-order valence-electron chi connectivity index (χ3n) is 2.75. The zero-order chi connectivity index (χ0) is 14.2. The second-order valence-corrected chi connectivity index (χ2v) is 4.90. The van der Waals surface area contributed by atoms with Gasteiger partial charge in [0.05, 0.1) is 0 Å². The number of hydrogen-bond donors (Lipinski definition) is 1. The number of aliphatic hydroxyl groups excluding tert-OH is 1. The number of thioether (sulfide) groups is 1. The molecule has 20 heavy (non-hydrogen) atoms. The van der Waals surface area contributed by atoms with Crippen molar-refractivity contribution in [2.24, 2.45) is 0 Å². The number of benzene rings is 2. The van der Waals surface area contributed by atoms with Gasteiger partial charge in [0.15, 0.2) is 0 Å². The van der Waals surface area contributed by atoms with Gasteiger partial charge in [-0.15, -0.1) is 11.8 Å². The van der Waals surface area contributed by atoms with Gasteiger partial charge in [-0.25, -0.2) is 0 Å². The van der Waals surface area contributed by atoms with Crippen LogP contribution in [0.4, 0.5) is 0 Å². The summed E-state index contributed by atoms with van der Waals surface area (Å²) in [5.74, 6) is 10.7. The van der Waals surface area contributed by atoms with Crippen LogP contribution in [0.15, 0.2) is 53.4 Å². The summed E-state index contributed by atoms with van der Waals surface area (Å²) in [6, 6.07) is 16.6. The van der Waals surface area contributed by atoms with Crippen LogP contribution in [0.2, 0.25) is 0 Å². The van der Waals surface area contributed by atoms with Crippen molar-refractivity contribution in [3.63, 3.8) is 0 Å². The lowest BCUT2D eigenvalue weighted by Crippen LogP contribution is -1.79. The van der Waals surface area contributed by atoms with Crippen molar-refractivity contribution in [2.45, 2.75) is 4.90 Å². The molecule has 1 nitrogen and oxygen atoms in total.